The maximum absolute atomic E-state index is 11.7. The Morgan fingerprint density at radius 2 is 1.96 bits per heavy atom. The second kappa shape index (κ2) is 11.4. The van der Waals surface area contributed by atoms with Gasteiger partial charge in [0.25, 0.3) is 5.91 Å². The highest BCUT2D eigenvalue weighted by Crippen LogP contribution is 2.38. The topological polar surface area (TPSA) is 91.1 Å². The molecule has 5 nitrogen and oxygen atoms in total. The molecule has 2 aromatic rings. The van der Waals surface area contributed by atoms with E-state index in [-0.39, 0.29) is 0 Å². The number of thiophene rings is 1. The van der Waals surface area contributed by atoms with E-state index in [0.717, 1.165) is 39.7 Å². The van der Waals surface area contributed by atoms with Crippen molar-refractivity contribution in [1.29, 1.82) is 0 Å². The van der Waals surface area contributed by atoms with Gasteiger partial charge in [-0.2, -0.15) is 0 Å². The monoisotopic (exact) mass is 389 g/mol. The Kier molecular flexibility index (Phi) is 9.61. The van der Waals surface area contributed by atoms with Crippen molar-refractivity contribution in [2.24, 2.45) is 5.73 Å². The van der Waals surface area contributed by atoms with Crippen molar-refractivity contribution >= 4 is 33.6 Å². The van der Waals surface area contributed by atoms with Crippen LogP contribution in [0.25, 0.3) is 5.57 Å². The van der Waals surface area contributed by atoms with E-state index in [1.54, 1.807) is 6.92 Å². The number of rotatable bonds is 5. The van der Waals surface area contributed by atoms with Crippen LogP contribution in [0, 0.1) is 0 Å². The first-order valence-corrected chi connectivity index (χ1v) is 10.3. The lowest BCUT2D eigenvalue weighted by molar-refractivity contribution is 0.100. The highest BCUT2D eigenvalue weighted by molar-refractivity contribution is 7.17. The van der Waals surface area contributed by atoms with Crippen LogP contribution in [0.3, 0.4) is 0 Å². The molecule has 0 radical (unpaired) electrons. The van der Waals surface area contributed by atoms with E-state index >= 15 is 0 Å². The van der Waals surface area contributed by atoms with Crippen LogP contribution in [-0.4, -0.2) is 22.1 Å². The average Bonchev–Trinajstić information content (AvgIpc) is 3.35. The van der Waals surface area contributed by atoms with Crippen LogP contribution >= 0.6 is 11.3 Å². The smallest absolute Gasteiger partial charge is 0.251 e. The zero-order valence-corrected chi connectivity index (χ0v) is 17.6. The lowest BCUT2D eigenvalue weighted by atomic mass is 9.94. The van der Waals surface area contributed by atoms with Crippen LogP contribution < -0.4 is 11.1 Å². The third-order valence-corrected chi connectivity index (χ3v) is 5.00. The molecule has 1 aliphatic carbocycles. The van der Waals surface area contributed by atoms with Crippen molar-refractivity contribution in [3.8, 4) is 0 Å². The van der Waals surface area contributed by atoms with Crippen LogP contribution in [-0.2, 0) is 0 Å². The summed E-state index contributed by atoms with van der Waals surface area (Å²) in [4.78, 5) is 15.8. The van der Waals surface area contributed by atoms with Gasteiger partial charge in [-0.25, -0.2) is 0 Å². The first-order chi connectivity index (χ1) is 13.0. The zero-order chi connectivity index (χ0) is 20.4. The van der Waals surface area contributed by atoms with Gasteiger partial charge in [-0.15, -0.1) is 11.3 Å². The largest absolute Gasteiger partial charge is 0.389 e. The molecule has 1 atom stereocenters. The molecule has 27 heavy (non-hydrogen) atoms. The molecule has 5 N–H and O–H groups in total. The number of anilines is 2. The lowest BCUT2D eigenvalue weighted by Gasteiger charge is -2.15. The van der Waals surface area contributed by atoms with E-state index in [4.69, 9.17) is 5.73 Å². The Morgan fingerprint density at radius 1 is 1.26 bits per heavy atom. The summed E-state index contributed by atoms with van der Waals surface area (Å²) in [5.41, 5.74) is 8.18. The first-order valence-electron chi connectivity index (χ1n) is 9.46. The van der Waals surface area contributed by atoms with E-state index < -0.39 is 12.0 Å². The maximum Gasteiger partial charge on any atom is 0.251 e. The van der Waals surface area contributed by atoms with Crippen LogP contribution in [0.2, 0.25) is 0 Å². The molecule has 0 saturated heterocycles. The molecule has 2 aromatic heterocycles. The minimum Gasteiger partial charge on any atom is -0.389 e. The summed E-state index contributed by atoms with van der Waals surface area (Å²) in [7, 11) is 0. The number of hydrogen-bond acceptors (Lipinski definition) is 4. The third-order valence-electron chi connectivity index (χ3n) is 3.88. The second-order valence-electron chi connectivity index (χ2n) is 5.54. The minimum atomic E-state index is -0.446. The summed E-state index contributed by atoms with van der Waals surface area (Å²) in [5.74, 6) is 0.369. The van der Waals surface area contributed by atoms with Crippen LogP contribution in [0.15, 0.2) is 42.1 Å². The Hall–Kier alpha value is -2.31. The number of aliphatic hydroxyl groups is 1. The van der Waals surface area contributed by atoms with Gasteiger partial charge in [-0.1, -0.05) is 39.8 Å². The molecular formula is C21H31N3O2S. The Bertz CT molecular complexity index is 771. The van der Waals surface area contributed by atoms with E-state index in [0.29, 0.717) is 5.56 Å². The first kappa shape index (κ1) is 22.7. The number of aromatic amines is 1. The second-order valence-corrected chi connectivity index (χ2v) is 6.59. The molecule has 0 spiro atoms. The average molecular weight is 390 g/mol. The van der Waals surface area contributed by atoms with Crippen molar-refractivity contribution in [3.05, 3.63) is 52.6 Å². The van der Waals surface area contributed by atoms with Gasteiger partial charge in [0, 0.05) is 11.1 Å². The quantitative estimate of drug-likeness (QED) is 0.547. The maximum atomic E-state index is 11.7. The molecule has 148 valence electrons. The van der Waals surface area contributed by atoms with E-state index in [1.807, 2.05) is 64.2 Å². The van der Waals surface area contributed by atoms with Crippen molar-refractivity contribution in [2.45, 2.75) is 53.6 Å². The molecule has 1 amide bonds. The number of nitrogens with one attached hydrogen (secondary N) is 2. The summed E-state index contributed by atoms with van der Waals surface area (Å²) >= 11 is 1.51. The molecule has 1 unspecified atom stereocenters. The molecule has 2 heterocycles. The summed E-state index contributed by atoms with van der Waals surface area (Å²) in [6.45, 7) is 9.78. The predicted molar refractivity (Wildman–Crippen MR) is 117 cm³/mol. The van der Waals surface area contributed by atoms with E-state index in [9.17, 15) is 9.90 Å². The SMILES string of the molecule is CC.CC.CC(O)C1=CC=C(c2cc(C(N)=O)c(Nc3ccc[nH]3)s2)CC1. The highest BCUT2D eigenvalue weighted by Gasteiger charge is 2.18. The van der Waals surface area contributed by atoms with Gasteiger partial charge in [-0.05, 0) is 49.1 Å². The highest BCUT2D eigenvalue weighted by atomic mass is 32.1. The number of aliphatic hydroxyl groups excluding tert-OH is 1. The van der Waals surface area contributed by atoms with Crippen molar-refractivity contribution in [2.75, 3.05) is 5.32 Å². The van der Waals surface area contributed by atoms with Gasteiger partial charge in [0.15, 0.2) is 0 Å². The molecule has 0 fully saturated rings. The molecule has 0 aliphatic heterocycles. The Morgan fingerprint density at radius 3 is 2.44 bits per heavy atom. The molecule has 3 rings (SSSR count). The molecule has 0 aromatic carbocycles. The van der Waals surface area contributed by atoms with Crippen LogP contribution in [0.1, 0.15) is 62.7 Å². The van der Waals surface area contributed by atoms with Crippen molar-refractivity contribution in [3.63, 3.8) is 0 Å². The number of H-pyrrole nitrogens is 1. The predicted octanol–water partition coefficient (Wildman–Crippen LogP) is 5.46. The summed E-state index contributed by atoms with van der Waals surface area (Å²) in [6, 6.07) is 5.61. The summed E-state index contributed by atoms with van der Waals surface area (Å²) in [6.07, 6.45) is 7.05. The number of primary amides is 1. The summed E-state index contributed by atoms with van der Waals surface area (Å²) in [5, 5.41) is 13.6. The van der Waals surface area contributed by atoms with Crippen molar-refractivity contribution < 1.29 is 9.90 Å². The number of carbonyl (C=O) groups excluding carboxylic acids is 1. The molecular weight excluding hydrogens is 358 g/mol. The molecule has 1 aliphatic rings. The fraction of sp³-hybridized carbons (Fsp3) is 0.381. The van der Waals surface area contributed by atoms with Gasteiger partial charge >= 0.3 is 0 Å². The molecule has 0 bridgehead atoms. The van der Waals surface area contributed by atoms with Gasteiger partial charge in [0.05, 0.1) is 11.7 Å². The van der Waals surface area contributed by atoms with Gasteiger partial charge < -0.3 is 21.1 Å². The van der Waals surface area contributed by atoms with Crippen molar-refractivity contribution in [1.82, 2.24) is 4.98 Å². The number of allylic oxidation sites excluding steroid dienone is 3. The third kappa shape index (κ3) is 6.12. The van der Waals surface area contributed by atoms with Crippen LogP contribution in [0.5, 0.6) is 0 Å². The number of nitrogens with two attached hydrogens (primary N) is 1. The fourth-order valence-electron chi connectivity index (χ4n) is 2.56. The van der Waals surface area contributed by atoms with E-state index in [1.165, 1.54) is 11.3 Å². The molecule has 6 heteroatoms. The van der Waals surface area contributed by atoms with E-state index in [2.05, 4.69) is 10.3 Å². The minimum absolute atomic E-state index is 0.414. The summed E-state index contributed by atoms with van der Waals surface area (Å²) < 4.78 is 0. The van der Waals surface area contributed by atoms with Gasteiger partial charge in [0.1, 0.15) is 10.8 Å². The number of amides is 1. The zero-order valence-electron chi connectivity index (χ0n) is 16.8. The number of hydrogen-bond donors (Lipinski definition) is 4. The van der Waals surface area contributed by atoms with Crippen LogP contribution in [0.4, 0.5) is 10.8 Å². The standard InChI is InChI=1S/C17H19N3O2S.2C2H6/c1-10(21)11-4-6-12(7-5-11)14-9-13(16(18)22)17(23-14)20-15-3-2-8-19-15;2*1-2/h2-4,6,8-10,19-21H,5,7H2,1H3,(H2,18,22);2*1-2H3. The molecule has 0 saturated carbocycles. The number of carbonyl (C=O) groups is 1. The lowest BCUT2D eigenvalue weighted by Crippen LogP contribution is -2.11. The van der Waals surface area contributed by atoms with Gasteiger partial charge in [0.2, 0.25) is 0 Å². The Labute approximate surface area is 166 Å². The normalized spacial score (nSPS) is 13.9. The Balaban J connectivity index is 0.000000855. The number of aromatic nitrogens is 1. The van der Waals surface area contributed by atoms with Gasteiger partial charge in [-0.3, -0.25) is 4.79 Å². The fourth-order valence-corrected chi connectivity index (χ4v) is 3.69.